The zero-order valence-electron chi connectivity index (χ0n) is 23.2. The number of ketones is 1. The molecule has 1 aromatic rings. The minimum Gasteiger partial charge on any atom is -0.481 e. The van der Waals surface area contributed by atoms with Gasteiger partial charge < -0.3 is 9.53 Å². The zero-order valence-corrected chi connectivity index (χ0v) is 24.2. The Morgan fingerprint density at radius 1 is 1.06 bits per heavy atom. The Labute approximate surface area is 215 Å². The predicted molar refractivity (Wildman–Crippen MR) is 147 cm³/mol. The van der Waals surface area contributed by atoms with Crippen molar-refractivity contribution in [3.05, 3.63) is 35.4 Å². The Kier molecular flexibility index (Phi) is 11.7. The quantitative estimate of drug-likeness (QED) is 0.192. The van der Waals surface area contributed by atoms with E-state index in [9.17, 15) is 9.59 Å². The van der Waals surface area contributed by atoms with E-state index in [2.05, 4.69) is 65.1 Å². The van der Waals surface area contributed by atoms with Gasteiger partial charge in [0.25, 0.3) is 0 Å². The highest BCUT2D eigenvalue weighted by molar-refractivity contribution is 6.74. The monoisotopic (exact) mass is 502 g/mol. The number of Topliss-reactive ketones (excluding diaryl/α,β-unsaturated/α-hetero) is 1. The van der Waals surface area contributed by atoms with E-state index in [-0.39, 0.29) is 23.5 Å². The maximum absolute atomic E-state index is 12.6. The molecule has 2 rings (SSSR count). The average Bonchev–Trinajstić information content (AvgIpc) is 3.15. The molecule has 0 radical (unpaired) electrons. The average molecular weight is 503 g/mol. The van der Waals surface area contributed by atoms with Gasteiger partial charge in [-0.2, -0.15) is 0 Å². The topological polar surface area (TPSA) is 63.6 Å². The number of carboxylic acids is 1. The maximum atomic E-state index is 12.6. The number of hydrogen-bond donors (Lipinski definition) is 1. The lowest BCUT2D eigenvalue weighted by atomic mass is 9.84. The van der Waals surface area contributed by atoms with Gasteiger partial charge in [-0.3, -0.25) is 9.59 Å². The fraction of sp³-hybridized carbons (Fsp3) is 0.733. The minimum absolute atomic E-state index is 0.115. The van der Waals surface area contributed by atoms with Crippen LogP contribution in [0.4, 0.5) is 0 Å². The van der Waals surface area contributed by atoms with E-state index in [4.69, 9.17) is 9.53 Å². The van der Waals surface area contributed by atoms with Crippen molar-refractivity contribution in [1.29, 1.82) is 0 Å². The van der Waals surface area contributed by atoms with Crippen molar-refractivity contribution in [3.8, 4) is 0 Å². The first-order valence-corrected chi connectivity index (χ1v) is 16.9. The highest BCUT2D eigenvalue weighted by atomic mass is 28.4. The summed E-state index contributed by atoms with van der Waals surface area (Å²) >= 11 is 0. The first kappa shape index (κ1) is 29.8. The van der Waals surface area contributed by atoms with E-state index in [0.717, 1.165) is 44.9 Å². The molecular formula is C30H50O4Si. The van der Waals surface area contributed by atoms with E-state index in [1.54, 1.807) is 0 Å². The molecule has 4 nitrogen and oxygen atoms in total. The Hall–Kier alpha value is -1.46. The summed E-state index contributed by atoms with van der Waals surface area (Å²) in [6.07, 6.45) is 11.3. The molecule has 0 amide bonds. The summed E-state index contributed by atoms with van der Waals surface area (Å²) in [6.45, 7) is 13.8. The smallest absolute Gasteiger partial charge is 0.303 e. The fourth-order valence-electron chi connectivity index (χ4n) is 5.03. The van der Waals surface area contributed by atoms with E-state index in [0.29, 0.717) is 18.1 Å². The molecule has 0 saturated heterocycles. The molecule has 0 spiro atoms. The number of aliphatic carboxylic acids is 1. The van der Waals surface area contributed by atoms with E-state index >= 15 is 0 Å². The number of hydrogen-bond acceptors (Lipinski definition) is 3. The zero-order chi connectivity index (χ0) is 26.1. The van der Waals surface area contributed by atoms with Gasteiger partial charge in [0.1, 0.15) is 5.78 Å². The van der Waals surface area contributed by atoms with Gasteiger partial charge in [-0.15, -0.1) is 0 Å². The number of carboxylic acid groups (broad SMARTS) is 1. The van der Waals surface area contributed by atoms with Crippen LogP contribution in [-0.4, -0.2) is 25.2 Å². The van der Waals surface area contributed by atoms with Crippen molar-refractivity contribution < 1.29 is 19.1 Å². The molecule has 0 bridgehead atoms. The van der Waals surface area contributed by atoms with Crippen molar-refractivity contribution >= 4 is 20.1 Å². The SMILES string of the molecule is CCCCC[C@H](O[Si](C)(C)C(C)(C)C)c1ccc([C@H]2CCC(=O)[C@@H]2CCCCCCC(=O)O)cc1. The first-order valence-electron chi connectivity index (χ1n) is 14.0. The summed E-state index contributed by atoms with van der Waals surface area (Å²) in [7, 11) is -1.88. The molecule has 5 heteroatoms. The van der Waals surface area contributed by atoms with Crippen LogP contribution < -0.4 is 0 Å². The summed E-state index contributed by atoms with van der Waals surface area (Å²) in [4.78, 5) is 23.3. The number of carbonyl (C=O) groups excluding carboxylic acids is 1. The molecule has 1 saturated carbocycles. The lowest BCUT2D eigenvalue weighted by Gasteiger charge is -2.39. The first-order chi connectivity index (χ1) is 16.5. The number of carbonyl (C=O) groups is 2. The second-order valence-corrected chi connectivity index (χ2v) is 16.9. The van der Waals surface area contributed by atoms with E-state index < -0.39 is 14.3 Å². The van der Waals surface area contributed by atoms with Gasteiger partial charge >= 0.3 is 5.97 Å². The Morgan fingerprint density at radius 3 is 2.31 bits per heavy atom. The van der Waals surface area contributed by atoms with Crippen molar-refractivity contribution in [1.82, 2.24) is 0 Å². The fourth-order valence-corrected chi connectivity index (χ4v) is 6.35. The molecule has 1 fully saturated rings. The van der Waals surface area contributed by atoms with Gasteiger partial charge in [0, 0.05) is 18.8 Å². The molecule has 1 aliphatic rings. The van der Waals surface area contributed by atoms with Crippen LogP contribution >= 0.6 is 0 Å². The number of benzene rings is 1. The normalized spacial score (nSPS) is 19.8. The highest BCUT2D eigenvalue weighted by Crippen LogP contribution is 2.43. The molecule has 1 aromatic carbocycles. The van der Waals surface area contributed by atoms with Gasteiger partial charge in [-0.05, 0) is 60.9 Å². The van der Waals surface area contributed by atoms with Crippen LogP contribution in [0.25, 0.3) is 0 Å². The van der Waals surface area contributed by atoms with Crippen molar-refractivity contribution in [3.63, 3.8) is 0 Å². The lowest BCUT2D eigenvalue weighted by molar-refractivity contribution is -0.137. The van der Waals surface area contributed by atoms with Gasteiger partial charge in [0.15, 0.2) is 8.32 Å². The molecule has 1 aliphatic carbocycles. The van der Waals surface area contributed by atoms with Gasteiger partial charge in [0.05, 0.1) is 6.10 Å². The number of unbranched alkanes of at least 4 members (excludes halogenated alkanes) is 5. The molecule has 0 aromatic heterocycles. The highest BCUT2D eigenvalue weighted by Gasteiger charge is 2.39. The van der Waals surface area contributed by atoms with Crippen molar-refractivity contribution in [2.24, 2.45) is 5.92 Å². The van der Waals surface area contributed by atoms with Gasteiger partial charge in [-0.1, -0.05) is 90.5 Å². The molecule has 3 atom stereocenters. The summed E-state index contributed by atoms with van der Waals surface area (Å²) in [5, 5.41) is 8.97. The molecule has 0 aliphatic heterocycles. The van der Waals surface area contributed by atoms with Crippen LogP contribution in [0.15, 0.2) is 24.3 Å². The summed E-state index contributed by atoms with van der Waals surface area (Å²) in [5.74, 6) is 0.115. The summed E-state index contributed by atoms with van der Waals surface area (Å²) in [5.41, 5.74) is 2.56. The summed E-state index contributed by atoms with van der Waals surface area (Å²) < 4.78 is 6.89. The van der Waals surface area contributed by atoms with E-state index in [1.165, 1.54) is 30.4 Å². The lowest BCUT2D eigenvalue weighted by Crippen LogP contribution is -2.41. The third kappa shape index (κ3) is 9.17. The molecule has 1 N–H and O–H groups in total. The van der Waals surface area contributed by atoms with Crippen molar-refractivity contribution in [2.45, 2.75) is 135 Å². The molecule has 35 heavy (non-hydrogen) atoms. The minimum atomic E-state index is -1.88. The molecular weight excluding hydrogens is 452 g/mol. The second kappa shape index (κ2) is 13.7. The van der Waals surface area contributed by atoms with Crippen LogP contribution in [0.2, 0.25) is 18.1 Å². The Morgan fingerprint density at radius 2 is 1.71 bits per heavy atom. The predicted octanol–water partition coefficient (Wildman–Crippen LogP) is 8.82. The van der Waals surface area contributed by atoms with Gasteiger partial charge in [-0.25, -0.2) is 0 Å². The van der Waals surface area contributed by atoms with Crippen molar-refractivity contribution in [2.75, 3.05) is 0 Å². The van der Waals surface area contributed by atoms with E-state index in [1.807, 2.05) is 0 Å². The van der Waals surface area contributed by atoms with Crippen LogP contribution in [-0.2, 0) is 14.0 Å². The third-order valence-corrected chi connectivity index (χ3v) is 12.8. The maximum Gasteiger partial charge on any atom is 0.303 e. The van der Waals surface area contributed by atoms with Crippen LogP contribution in [0.3, 0.4) is 0 Å². The Bertz CT molecular complexity index is 794. The molecule has 0 unspecified atom stereocenters. The summed E-state index contributed by atoms with van der Waals surface area (Å²) in [6, 6.07) is 9.01. The number of rotatable bonds is 15. The largest absolute Gasteiger partial charge is 0.481 e. The van der Waals surface area contributed by atoms with Crippen LogP contribution in [0.1, 0.15) is 128 Å². The molecule has 0 heterocycles. The molecule has 198 valence electrons. The Balaban J connectivity index is 2.05. The third-order valence-electron chi connectivity index (χ3n) is 8.31. The second-order valence-electron chi connectivity index (χ2n) is 12.1. The standard InChI is InChI=1S/C30H50O4Si/c1-7-8-11-15-28(34-35(5,6)30(2,3)4)24-19-17-23(18-20-24)25-21-22-27(31)26(25)14-12-9-10-13-16-29(32)33/h17-20,25-26,28H,7-16,21-22H2,1-6H3,(H,32,33)/t25-,26-,28+/m1/s1. The van der Waals surface area contributed by atoms with Gasteiger partial charge in [0.2, 0.25) is 0 Å². The van der Waals surface area contributed by atoms with Crippen LogP contribution in [0.5, 0.6) is 0 Å². The van der Waals surface area contributed by atoms with Crippen LogP contribution in [0, 0.1) is 5.92 Å².